The number of nitro benzene ring substituents is 1. The molecule has 2 atom stereocenters. The smallest absolute Gasteiger partial charge is 0.278 e. The molecule has 1 aliphatic rings. The van der Waals surface area contributed by atoms with E-state index >= 15 is 0 Å². The summed E-state index contributed by atoms with van der Waals surface area (Å²) in [7, 11) is 0. The number of benzene rings is 1. The number of ether oxygens (including phenoxy) is 1. The van der Waals surface area contributed by atoms with E-state index in [1.54, 1.807) is 24.4 Å². The summed E-state index contributed by atoms with van der Waals surface area (Å²) < 4.78 is 5.41. The van der Waals surface area contributed by atoms with Crippen molar-refractivity contribution >= 4 is 22.3 Å². The standard InChI is InChI=1S/C15H17N3O3/c1-10(11-6-8-21-9-11)17-13-4-5-14(18(19)20)12-3-2-7-16-15(12)13/h2-5,7,10-11,17H,6,8-9H2,1H3. The Morgan fingerprint density at radius 3 is 3.05 bits per heavy atom. The second-order valence-electron chi connectivity index (χ2n) is 5.35. The first kappa shape index (κ1) is 13.8. The molecule has 2 aromatic rings. The van der Waals surface area contributed by atoms with Crippen LogP contribution in [0.1, 0.15) is 13.3 Å². The van der Waals surface area contributed by atoms with E-state index in [9.17, 15) is 10.1 Å². The first-order valence-corrected chi connectivity index (χ1v) is 7.03. The molecule has 1 aromatic heterocycles. The zero-order valence-electron chi connectivity index (χ0n) is 11.8. The van der Waals surface area contributed by atoms with Crippen LogP contribution in [0.3, 0.4) is 0 Å². The van der Waals surface area contributed by atoms with Crippen LogP contribution in [-0.2, 0) is 4.74 Å². The number of aromatic nitrogens is 1. The first-order valence-electron chi connectivity index (χ1n) is 7.03. The number of fused-ring (bicyclic) bond motifs is 1. The molecule has 1 fully saturated rings. The molecule has 1 saturated heterocycles. The Balaban J connectivity index is 1.95. The van der Waals surface area contributed by atoms with Gasteiger partial charge in [0.15, 0.2) is 0 Å². The third-order valence-electron chi connectivity index (χ3n) is 4.00. The van der Waals surface area contributed by atoms with Gasteiger partial charge in [-0.25, -0.2) is 0 Å². The molecule has 1 N–H and O–H groups in total. The summed E-state index contributed by atoms with van der Waals surface area (Å²) >= 11 is 0. The van der Waals surface area contributed by atoms with Crippen LogP contribution in [0.2, 0.25) is 0 Å². The van der Waals surface area contributed by atoms with Crippen molar-refractivity contribution in [1.29, 1.82) is 0 Å². The van der Waals surface area contributed by atoms with Gasteiger partial charge < -0.3 is 10.1 Å². The molecule has 1 aromatic carbocycles. The number of non-ortho nitro benzene ring substituents is 1. The van der Waals surface area contributed by atoms with Gasteiger partial charge in [-0.1, -0.05) is 0 Å². The minimum Gasteiger partial charge on any atom is -0.381 e. The molecule has 21 heavy (non-hydrogen) atoms. The summed E-state index contributed by atoms with van der Waals surface area (Å²) in [4.78, 5) is 15.0. The maximum Gasteiger partial charge on any atom is 0.278 e. The van der Waals surface area contributed by atoms with Crippen molar-refractivity contribution in [3.05, 3.63) is 40.6 Å². The Kier molecular flexibility index (Phi) is 3.70. The Bertz CT molecular complexity index is 668. The van der Waals surface area contributed by atoms with Crippen molar-refractivity contribution < 1.29 is 9.66 Å². The van der Waals surface area contributed by atoms with E-state index in [0.717, 1.165) is 25.3 Å². The van der Waals surface area contributed by atoms with E-state index in [4.69, 9.17) is 4.74 Å². The molecule has 0 radical (unpaired) electrons. The lowest BCUT2D eigenvalue weighted by atomic mass is 10.00. The molecule has 0 amide bonds. The lowest BCUT2D eigenvalue weighted by Crippen LogP contribution is -2.26. The van der Waals surface area contributed by atoms with Crippen LogP contribution in [0.5, 0.6) is 0 Å². The SMILES string of the molecule is CC(Nc1ccc([N+](=O)[O-])c2cccnc12)C1CCOC1. The predicted molar refractivity (Wildman–Crippen MR) is 80.4 cm³/mol. The van der Waals surface area contributed by atoms with Gasteiger partial charge in [0.05, 0.1) is 22.6 Å². The number of nitrogens with zero attached hydrogens (tertiary/aromatic N) is 2. The van der Waals surface area contributed by atoms with Gasteiger partial charge in [0.2, 0.25) is 0 Å². The summed E-state index contributed by atoms with van der Waals surface area (Å²) in [6, 6.07) is 6.95. The summed E-state index contributed by atoms with van der Waals surface area (Å²) in [6.07, 6.45) is 2.69. The number of hydrogen-bond acceptors (Lipinski definition) is 5. The molecular weight excluding hydrogens is 270 g/mol. The average molecular weight is 287 g/mol. The molecule has 2 heterocycles. The van der Waals surface area contributed by atoms with E-state index in [0.29, 0.717) is 16.8 Å². The number of anilines is 1. The first-order chi connectivity index (χ1) is 10.2. The number of pyridine rings is 1. The fourth-order valence-corrected chi connectivity index (χ4v) is 2.74. The summed E-state index contributed by atoms with van der Waals surface area (Å²) in [6.45, 7) is 3.66. The van der Waals surface area contributed by atoms with Crippen molar-refractivity contribution in [3.8, 4) is 0 Å². The zero-order valence-corrected chi connectivity index (χ0v) is 11.8. The van der Waals surface area contributed by atoms with Crippen molar-refractivity contribution in [1.82, 2.24) is 4.98 Å². The predicted octanol–water partition coefficient (Wildman–Crippen LogP) is 2.98. The maximum atomic E-state index is 11.1. The fourth-order valence-electron chi connectivity index (χ4n) is 2.74. The van der Waals surface area contributed by atoms with Gasteiger partial charge in [-0.2, -0.15) is 0 Å². The molecule has 0 saturated carbocycles. The van der Waals surface area contributed by atoms with E-state index < -0.39 is 0 Å². The highest BCUT2D eigenvalue weighted by Gasteiger charge is 2.23. The molecule has 6 nitrogen and oxygen atoms in total. The van der Waals surface area contributed by atoms with Crippen LogP contribution in [0.25, 0.3) is 10.9 Å². The van der Waals surface area contributed by atoms with Crippen LogP contribution < -0.4 is 5.32 Å². The van der Waals surface area contributed by atoms with Crippen molar-refractivity contribution in [3.63, 3.8) is 0 Å². The van der Waals surface area contributed by atoms with Crippen LogP contribution in [-0.4, -0.2) is 29.2 Å². The molecule has 0 bridgehead atoms. The third-order valence-corrected chi connectivity index (χ3v) is 4.00. The lowest BCUT2D eigenvalue weighted by Gasteiger charge is -2.21. The van der Waals surface area contributed by atoms with E-state index in [1.165, 1.54) is 6.07 Å². The van der Waals surface area contributed by atoms with Crippen LogP contribution >= 0.6 is 0 Å². The highest BCUT2D eigenvalue weighted by molar-refractivity contribution is 5.96. The second-order valence-corrected chi connectivity index (χ2v) is 5.35. The zero-order chi connectivity index (χ0) is 14.8. The molecule has 0 spiro atoms. The number of nitrogens with one attached hydrogen (secondary N) is 1. The van der Waals surface area contributed by atoms with Crippen LogP contribution in [0.15, 0.2) is 30.5 Å². The van der Waals surface area contributed by atoms with Gasteiger partial charge in [-0.05, 0) is 31.5 Å². The van der Waals surface area contributed by atoms with Crippen molar-refractivity contribution in [2.24, 2.45) is 5.92 Å². The minimum atomic E-state index is -0.373. The molecular formula is C15H17N3O3. The topological polar surface area (TPSA) is 77.3 Å². The van der Waals surface area contributed by atoms with Crippen LogP contribution in [0, 0.1) is 16.0 Å². The Morgan fingerprint density at radius 1 is 1.48 bits per heavy atom. The molecule has 0 aliphatic carbocycles. The normalized spacial score (nSPS) is 19.6. The van der Waals surface area contributed by atoms with E-state index in [1.807, 2.05) is 0 Å². The van der Waals surface area contributed by atoms with E-state index in [-0.39, 0.29) is 16.7 Å². The summed E-state index contributed by atoms with van der Waals surface area (Å²) in [5.41, 5.74) is 1.55. The maximum absolute atomic E-state index is 11.1. The van der Waals surface area contributed by atoms with Crippen LogP contribution in [0.4, 0.5) is 11.4 Å². The van der Waals surface area contributed by atoms with Gasteiger partial charge in [0.1, 0.15) is 5.52 Å². The largest absolute Gasteiger partial charge is 0.381 e. The highest BCUT2D eigenvalue weighted by atomic mass is 16.6. The number of nitro groups is 1. The van der Waals surface area contributed by atoms with Gasteiger partial charge in [0, 0.05) is 30.8 Å². The van der Waals surface area contributed by atoms with Gasteiger partial charge >= 0.3 is 0 Å². The lowest BCUT2D eigenvalue weighted by molar-refractivity contribution is -0.383. The average Bonchev–Trinajstić information content (AvgIpc) is 3.01. The quantitative estimate of drug-likeness (QED) is 0.691. The molecule has 1 aliphatic heterocycles. The van der Waals surface area contributed by atoms with Gasteiger partial charge in [-0.15, -0.1) is 0 Å². The Hall–Kier alpha value is -2.21. The summed E-state index contributed by atoms with van der Waals surface area (Å²) in [5.74, 6) is 0.457. The molecule has 6 heteroatoms. The molecule has 3 rings (SSSR count). The monoisotopic (exact) mass is 287 g/mol. The molecule has 110 valence electrons. The van der Waals surface area contributed by atoms with Gasteiger partial charge in [0.25, 0.3) is 5.69 Å². The third kappa shape index (κ3) is 2.67. The Labute approximate surface area is 122 Å². The van der Waals surface area contributed by atoms with Gasteiger partial charge in [-0.3, -0.25) is 15.1 Å². The number of hydrogen-bond donors (Lipinski definition) is 1. The number of rotatable bonds is 4. The second kappa shape index (κ2) is 5.65. The fraction of sp³-hybridized carbons (Fsp3) is 0.400. The highest BCUT2D eigenvalue weighted by Crippen LogP contribution is 2.31. The van der Waals surface area contributed by atoms with Crippen molar-refractivity contribution in [2.45, 2.75) is 19.4 Å². The van der Waals surface area contributed by atoms with Crippen molar-refractivity contribution in [2.75, 3.05) is 18.5 Å². The van der Waals surface area contributed by atoms with E-state index in [2.05, 4.69) is 17.2 Å². The Morgan fingerprint density at radius 2 is 2.33 bits per heavy atom. The molecule has 2 unspecified atom stereocenters. The summed E-state index contributed by atoms with van der Waals surface area (Å²) in [5, 5.41) is 15.1. The minimum absolute atomic E-state index is 0.0838.